The number of carbonyl (C=O) groups is 2. The number of carbonyl (C=O) groups excluding carboxylic acids is 2. The largest absolute Gasteiger partial charge is 0.457 e. The topological polar surface area (TPSA) is 135 Å². The van der Waals surface area contributed by atoms with Crippen LogP contribution in [0.1, 0.15) is 5.82 Å². The van der Waals surface area contributed by atoms with Crippen molar-refractivity contribution in [1.29, 1.82) is 0 Å². The summed E-state index contributed by atoms with van der Waals surface area (Å²) in [7, 11) is 0. The number of rotatable bonds is 6. The third-order valence-corrected chi connectivity index (χ3v) is 4.53. The minimum Gasteiger partial charge on any atom is -0.457 e. The fourth-order valence-electron chi connectivity index (χ4n) is 2.64. The molecule has 146 valence electrons. The van der Waals surface area contributed by atoms with Gasteiger partial charge in [-0.25, -0.2) is 14.8 Å². The maximum absolute atomic E-state index is 11.9. The molecule has 9 nitrogen and oxygen atoms in total. The minimum atomic E-state index is -0.449. The minimum absolute atomic E-state index is 0.0510. The van der Waals surface area contributed by atoms with Crippen LogP contribution in [0.4, 0.5) is 15.6 Å². The van der Waals surface area contributed by atoms with Crippen LogP contribution in [0.2, 0.25) is 0 Å². The van der Waals surface area contributed by atoms with Crippen molar-refractivity contribution < 1.29 is 14.3 Å². The van der Waals surface area contributed by atoms with Crippen molar-refractivity contribution in [1.82, 2.24) is 15.0 Å². The number of fused-ring (bicyclic) bond motifs is 1. The number of anilines is 2. The van der Waals surface area contributed by atoms with Gasteiger partial charge < -0.3 is 20.8 Å². The number of primary amides is 1. The van der Waals surface area contributed by atoms with Gasteiger partial charge >= 0.3 is 6.03 Å². The molecular weight excluding hydrogens is 392 g/mol. The van der Waals surface area contributed by atoms with E-state index in [1.807, 2.05) is 6.07 Å². The monoisotopic (exact) mass is 408 g/mol. The standard InChI is InChI=1S/C19H16N6O3S/c20-16(26)10-17-23-14-6-5-13(9-15(14)24-17)28-12-3-1-11(2-4-12)22-18(27)25-19-21-7-8-29-19/h1-9H,10H2,(H2,20,26)(H,23,24)(H2,21,22,25,27). The second-order valence-corrected chi connectivity index (χ2v) is 6.94. The Morgan fingerprint density at radius 1 is 1.10 bits per heavy atom. The van der Waals surface area contributed by atoms with E-state index >= 15 is 0 Å². The quantitative estimate of drug-likeness (QED) is 0.387. The molecule has 3 amide bonds. The van der Waals surface area contributed by atoms with Crippen molar-refractivity contribution in [2.24, 2.45) is 5.73 Å². The number of benzene rings is 2. The first kappa shape index (κ1) is 18.4. The maximum Gasteiger partial charge on any atom is 0.325 e. The molecule has 4 aromatic rings. The van der Waals surface area contributed by atoms with E-state index in [0.29, 0.717) is 33.7 Å². The number of urea groups is 1. The van der Waals surface area contributed by atoms with Gasteiger partial charge in [0.05, 0.1) is 17.5 Å². The molecule has 5 N–H and O–H groups in total. The van der Waals surface area contributed by atoms with Crippen molar-refractivity contribution >= 4 is 45.1 Å². The number of nitrogens with one attached hydrogen (secondary N) is 3. The number of hydrogen-bond donors (Lipinski definition) is 4. The number of thiazole rings is 1. The molecule has 0 bridgehead atoms. The van der Waals surface area contributed by atoms with Gasteiger partial charge in [-0.1, -0.05) is 0 Å². The lowest BCUT2D eigenvalue weighted by molar-refractivity contribution is -0.117. The predicted octanol–water partition coefficient (Wildman–Crippen LogP) is 3.48. The summed E-state index contributed by atoms with van der Waals surface area (Å²) in [6.45, 7) is 0. The van der Waals surface area contributed by atoms with Crippen LogP contribution >= 0.6 is 11.3 Å². The molecule has 2 aromatic carbocycles. The van der Waals surface area contributed by atoms with E-state index in [2.05, 4.69) is 25.6 Å². The number of amides is 3. The van der Waals surface area contributed by atoms with Crippen molar-refractivity contribution in [3.05, 3.63) is 59.9 Å². The number of aromatic amines is 1. The fraction of sp³-hybridized carbons (Fsp3) is 0.0526. The second-order valence-electron chi connectivity index (χ2n) is 6.05. The molecule has 10 heteroatoms. The lowest BCUT2D eigenvalue weighted by Crippen LogP contribution is -2.19. The summed E-state index contributed by atoms with van der Waals surface area (Å²) in [6.07, 6.45) is 1.67. The summed E-state index contributed by atoms with van der Waals surface area (Å²) >= 11 is 1.34. The molecule has 0 aliphatic carbocycles. The van der Waals surface area contributed by atoms with Gasteiger partial charge in [-0.2, -0.15) is 0 Å². The van der Waals surface area contributed by atoms with Gasteiger partial charge in [-0.05, 0) is 36.4 Å². The summed E-state index contributed by atoms with van der Waals surface area (Å²) in [6, 6.07) is 12.0. The van der Waals surface area contributed by atoms with E-state index < -0.39 is 5.91 Å². The smallest absolute Gasteiger partial charge is 0.325 e. The van der Waals surface area contributed by atoms with Crippen LogP contribution < -0.4 is 21.1 Å². The number of hydrogen-bond acceptors (Lipinski definition) is 6. The first-order valence-corrected chi connectivity index (χ1v) is 9.45. The number of imidazole rings is 1. The van der Waals surface area contributed by atoms with E-state index in [9.17, 15) is 9.59 Å². The summed E-state index contributed by atoms with van der Waals surface area (Å²) in [5.74, 6) is 1.26. The number of aromatic nitrogens is 3. The summed E-state index contributed by atoms with van der Waals surface area (Å²) in [5.41, 5.74) is 7.28. The summed E-state index contributed by atoms with van der Waals surface area (Å²) in [5, 5.41) is 7.67. The molecule has 0 atom stereocenters. The molecule has 29 heavy (non-hydrogen) atoms. The lowest BCUT2D eigenvalue weighted by atomic mass is 10.3. The van der Waals surface area contributed by atoms with Crippen LogP contribution in [-0.4, -0.2) is 26.9 Å². The van der Waals surface area contributed by atoms with Crippen molar-refractivity contribution in [2.75, 3.05) is 10.6 Å². The Morgan fingerprint density at radius 3 is 2.62 bits per heavy atom. The van der Waals surface area contributed by atoms with Gasteiger partial charge in [0.25, 0.3) is 0 Å². The van der Waals surface area contributed by atoms with Crippen LogP contribution in [0.5, 0.6) is 11.5 Å². The van der Waals surface area contributed by atoms with Crippen LogP contribution in [-0.2, 0) is 11.2 Å². The molecule has 0 aliphatic rings. The Morgan fingerprint density at radius 2 is 1.90 bits per heavy atom. The highest BCUT2D eigenvalue weighted by atomic mass is 32.1. The summed E-state index contributed by atoms with van der Waals surface area (Å²) in [4.78, 5) is 34.3. The first-order valence-electron chi connectivity index (χ1n) is 8.57. The van der Waals surface area contributed by atoms with Gasteiger partial charge in [-0.3, -0.25) is 10.1 Å². The zero-order chi connectivity index (χ0) is 20.2. The van der Waals surface area contributed by atoms with E-state index in [0.717, 1.165) is 5.52 Å². The zero-order valence-electron chi connectivity index (χ0n) is 15.0. The molecule has 0 aliphatic heterocycles. The Kier molecular flexibility index (Phi) is 5.08. The van der Waals surface area contributed by atoms with Crippen LogP contribution in [0.3, 0.4) is 0 Å². The molecule has 0 saturated heterocycles. The second kappa shape index (κ2) is 7.98. The average molecular weight is 408 g/mol. The van der Waals surface area contributed by atoms with Crippen LogP contribution in [0, 0.1) is 0 Å². The molecular formula is C19H16N6O3S. The van der Waals surface area contributed by atoms with Gasteiger partial charge in [0.1, 0.15) is 17.3 Å². The number of H-pyrrole nitrogens is 1. The van der Waals surface area contributed by atoms with Gasteiger partial charge in [0.2, 0.25) is 5.91 Å². The van der Waals surface area contributed by atoms with Crippen molar-refractivity contribution in [3.63, 3.8) is 0 Å². The Bertz CT molecular complexity index is 1150. The van der Waals surface area contributed by atoms with Gasteiger partial charge in [-0.15, -0.1) is 11.3 Å². The lowest BCUT2D eigenvalue weighted by Gasteiger charge is -2.08. The van der Waals surface area contributed by atoms with E-state index in [1.165, 1.54) is 11.3 Å². The third-order valence-electron chi connectivity index (χ3n) is 3.85. The zero-order valence-corrected chi connectivity index (χ0v) is 15.8. The normalized spacial score (nSPS) is 10.6. The SMILES string of the molecule is NC(=O)Cc1nc2cc(Oc3ccc(NC(=O)Nc4nccs4)cc3)ccc2[nH]1. The molecule has 0 saturated carbocycles. The van der Waals surface area contributed by atoms with Gasteiger partial charge in [0.15, 0.2) is 5.13 Å². The predicted molar refractivity (Wildman–Crippen MR) is 110 cm³/mol. The Hall–Kier alpha value is -3.92. The Labute approximate surface area is 168 Å². The van der Waals surface area contributed by atoms with E-state index in [4.69, 9.17) is 10.5 Å². The number of nitrogens with zero attached hydrogens (tertiary/aromatic N) is 2. The van der Waals surface area contributed by atoms with E-state index in [1.54, 1.807) is 48.0 Å². The molecule has 0 radical (unpaired) electrons. The molecule has 0 unspecified atom stereocenters. The number of ether oxygens (including phenoxy) is 1. The van der Waals surface area contributed by atoms with E-state index in [-0.39, 0.29) is 12.5 Å². The third kappa shape index (κ3) is 4.68. The van der Waals surface area contributed by atoms with Crippen molar-refractivity contribution in [2.45, 2.75) is 6.42 Å². The fourth-order valence-corrected chi connectivity index (χ4v) is 3.16. The van der Waals surface area contributed by atoms with Crippen molar-refractivity contribution in [3.8, 4) is 11.5 Å². The molecule has 0 fully saturated rings. The highest BCUT2D eigenvalue weighted by Gasteiger charge is 2.08. The molecule has 0 spiro atoms. The maximum atomic E-state index is 11.9. The average Bonchev–Trinajstić information content (AvgIpc) is 3.31. The van der Waals surface area contributed by atoms with Gasteiger partial charge in [0, 0.05) is 23.3 Å². The highest BCUT2D eigenvalue weighted by molar-refractivity contribution is 7.13. The van der Waals surface area contributed by atoms with Crippen LogP contribution in [0.15, 0.2) is 54.0 Å². The molecule has 2 aromatic heterocycles. The number of nitrogens with two attached hydrogens (primary N) is 1. The molecule has 4 rings (SSSR count). The molecule has 2 heterocycles. The highest BCUT2D eigenvalue weighted by Crippen LogP contribution is 2.26. The van der Waals surface area contributed by atoms with Crippen LogP contribution in [0.25, 0.3) is 11.0 Å². The summed E-state index contributed by atoms with van der Waals surface area (Å²) < 4.78 is 5.84. The first-order chi connectivity index (χ1) is 14.0. The Balaban J connectivity index is 1.40.